The lowest BCUT2D eigenvalue weighted by molar-refractivity contribution is 0.102. The summed E-state index contributed by atoms with van der Waals surface area (Å²) in [5, 5.41) is 6.59. The first kappa shape index (κ1) is 20.7. The highest BCUT2D eigenvalue weighted by Crippen LogP contribution is 2.24. The van der Waals surface area contributed by atoms with Crippen molar-refractivity contribution >= 4 is 21.6 Å². The quantitative estimate of drug-likeness (QED) is 0.693. The number of amides is 1. The van der Waals surface area contributed by atoms with Crippen molar-refractivity contribution in [3.8, 4) is 5.69 Å². The highest BCUT2D eigenvalue weighted by Gasteiger charge is 2.23. The van der Waals surface area contributed by atoms with Gasteiger partial charge in [0.25, 0.3) is 5.91 Å². The molecule has 0 aliphatic carbocycles. The number of nitrogens with one attached hydrogen (secondary N) is 1. The third kappa shape index (κ3) is 4.06. The first-order chi connectivity index (χ1) is 13.6. The van der Waals surface area contributed by atoms with Crippen LogP contribution < -0.4 is 5.32 Å². The number of rotatable bonds is 5. The molecular formula is C20H21FN4O3S. The van der Waals surface area contributed by atoms with Crippen molar-refractivity contribution < 1.29 is 17.6 Å². The third-order valence-electron chi connectivity index (χ3n) is 4.60. The molecule has 2 aromatic carbocycles. The highest BCUT2D eigenvalue weighted by atomic mass is 32.2. The van der Waals surface area contributed by atoms with Gasteiger partial charge in [0, 0.05) is 37.7 Å². The molecule has 0 bridgehead atoms. The standard InChI is InChI=1S/C20H21FN4O3S/c1-13-10-15(11-19(14(13)2)29(27,28)24(3)4)20(26)23-16-6-7-18(17(21)12-16)25-9-5-8-22-25/h5-12H,1-4H3,(H,23,26). The molecule has 0 aliphatic rings. The van der Waals surface area contributed by atoms with E-state index in [4.69, 9.17) is 0 Å². The summed E-state index contributed by atoms with van der Waals surface area (Å²) in [6.45, 7) is 3.43. The molecule has 0 fully saturated rings. The van der Waals surface area contributed by atoms with E-state index >= 15 is 0 Å². The van der Waals surface area contributed by atoms with Gasteiger partial charge in [-0.1, -0.05) is 0 Å². The van der Waals surface area contributed by atoms with E-state index in [9.17, 15) is 17.6 Å². The maximum atomic E-state index is 14.4. The van der Waals surface area contributed by atoms with Crippen LogP contribution in [0.4, 0.5) is 10.1 Å². The molecule has 0 saturated carbocycles. The maximum Gasteiger partial charge on any atom is 0.255 e. The Labute approximate surface area is 168 Å². The van der Waals surface area contributed by atoms with Gasteiger partial charge in [-0.2, -0.15) is 5.10 Å². The normalized spacial score (nSPS) is 11.7. The van der Waals surface area contributed by atoms with Gasteiger partial charge in [0.15, 0.2) is 5.82 Å². The Morgan fingerprint density at radius 3 is 2.48 bits per heavy atom. The molecule has 3 rings (SSSR count). The summed E-state index contributed by atoms with van der Waals surface area (Å²) in [6.07, 6.45) is 3.15. The number of carbonyl (C=O) groups excluding carboxylic acids is 1. The van der Waals surface area contributed by atoms with Crippen LogP contribution >= 0.6 is 0 Å². The first-order valence-corrected chi connectivity index (χ1v) is 10.2. The number of anilines is 1. The number of benzene rings is 2. The van der Waals surface area contributed by atoms with E-state index in [1.807, 2.05) is 0 Å². The largest absolute Gasteiger partial charge is 0.322 e. The molecule has 0 saturated heterocycles. The molecule has 0 unspecified atom stereocenters. The van der Waals surface area contributed by atoms with Crippen LogP contribution in [-0.2, 0) is 10.0 Å². The van der Waals surface area contributed by atoms with Gasteiger partial charge in [0.05, 0.1) is 4.90 Å². The summed E-state index contributed by atoms with van der Waals surface area (Å²) in [5.41, 5.74) is 1.91. The Kier molecular flexibility index (Phi) is 5.54. The highest BCUT2D eigenvalue weighted by molar-refractivity contribution is 7.89. The van der Waals surface area contributed by atoms with Crippen LogP contribution in [0.25, 0.3) is 5.69 Å². The molecule has 0 spiro atoms. The third-order valence-corrected chi connectivity index (χ3v) is 6.54. The summed E-state index contributed by atoms with van der Waals surface area (Å²) in [6, 6.07) is 8.85. The van der Waals surface area contributed by atoms with Crippen LogP contribution in [-0.4, -0.2) is 42.5 Å². The fourth-order valence-electron chi connectivity index (χ4n) is 2.81. The van der Waals surface area contributed by atoms with Crippen LogP contribution in [0.2, 0.25) is 0 Å². The summed E-state index contributed by atoms with van der Waals surface area (Å²) in [5.74, 6) is -1.09. The second kappa shape index (κ2) is 7.76. The minimum absolute atomic E-state index is 0.0628. The fourth-order valence-corrected chi connectivity index (χ4v) is 4.02. The molecule has 29 heavy (non-hydrogen) atoms. The molecule has 3 aromatic rings. The fraction of sp³-hybridized carbons (Fsp3) is 0.200. The second-order valence-electron chi connectivity index (χ2n) is 6.77. The number of aryl methyl sites for hydroxylation is 1. The number of hydrogen-bond donors (Lipinski definition) is 1. The minimum atomic E-state index is -3.71. The average molecular weight is 416 g/mol. The summed E-state index contributed by atoms with van der Waals surface area (Å²) >= 11 is 0. The van der Waals surface area contributed by atoms with Gasteiger partial charge in [-0.3, -0.25) is 4.79 Å². The molecule has 1 aromatic heterocycles. The predicted molar refractivity (Wildman–Crippen MR) is 108 cm³/mol. The van der Waals surface area contributed by atoms with Gasteiger partial charge in [-0.15, -0.1) is 0 Å². The molecule has 9 heteroatoms. The number of nitrogens with zero attached hydrogens (tertiary/aromatic N) is 3. The number of halogens is 1. The zero-order valence-electron chi connectivity index (χ0n) is 16.5. The lowest BCUT2D eigenvalue weighted by Gasteiger charge is -2.16. The summed E-state index contributed by atoms with van der Waals surface area (Å²) < 4.78 is 42.0. The van der Waals surface area contributed by atoms with Gasteiger partial charge < -0.3 is 5.32 Å². The van der Waals surface area contributed by atoms with Crippen LogP contribution in [0.15, 0.2) is 53.7 Å². The van der Waals surface area contributed by atoms with E-state index in [2.05, 4.69) is 10.4 Å². The SMILES string of the molecule is Cc1cc(C(=O)Nc2ccc(-n3cccn3)c(F)c2)cc(S(=O)(=O)N(C)C)c1C. The lowest BCUT2D eigenvalue weighted by atomic mass is 10.1. The van der Waals surface area contributed by atoms with Crippen molar-refractivity contribution in [2.45, 2.75) is 18.7 Å². The summed E-state index contributed by atoms with van der Waals surface area (Å²) in [4.78, 5) is 12.8. The topological polar surface area (TPSA) is 84.3 Å². The Balaban J connectivity index is 1.92. The lowest BCUT2D eigenvalue weighted by Crippen LogP contribution is -2.24. The van der Waals surface area contributed by atoms with E-state index < -0.39 is 21.7 Å². The van der Waals surface area contributed by atoms with Crippen LogP contribution in [0.5, 0.6) is 0 Å². The molecule has 152 valence electrons. The molecule has 7 nitrogen and oxygen atoms in total. The molecule has 0 radical (unpaired) electrons. The van der Waals surface area contributed by atoms with Crippen molar-refractivity contribution in [2.24, 2.45) is 0 Å². The van der Waals surface area contributed by atoms with Crippen LogP contribution in [0, 0.1) is 19.7 Å². The van der Waals surface area contributed by atoms with E-state index in [0.29, 0.717) is 11.1 Å². The predicted octanol–water partition coefficient (Wildman–Crippen LogP) is 3.13. The number of carbonyl (C=O) groups is 1. The molecule has 1 amide bonds. The van der Waals surface area contributed by atoms with Crippen LogP contribution in [0.1, 0.15) is 21.5 Å². The average Bonchev–Trinajstić information content (AvgIpc) is 3.18. The maximum absolute atomic E-state index is 14.4. The Morgan fingerprint density at radius 2 is 1.90 bits per heavy atom. The van der Waals surface area contributed by atoms with Gasteiger partial charge in [0.2, 0.25) is 10.0 Å². The zero-order valence-corrected chi connectivity index (χ0v) is 17.3. The van der Waals surface area contributed by atoms with Crippen molar-refractivity contribution in [2.75, 3.05) is 19.4 Å². The smallest absolute Gasteiger partial charge is 0.255 e. The van der Waals surface area contributed by atoms with Crippen molar-refractivity contribution in [1.82, 2.24) is 14.1 Å². The first-order valence-electron chi connectivity index (χ1n) is 8.76. The Hall–Kier alpha value is -3.04. The molecule has 1 heterocycles. The number of hydrogen-bond acceptors (Lipinski definition) is 4. The zero-order chi connectivity index (χ0) is 21.3. The van der Waals surface area contributed by atoms with Gasteiger partial charge in [-0.25, -0.2) is 21.8 Å². The molecule has 0 aliphatic heterocycles. The Bertz CT molecular complexity index is 1170. The van der Waals surface area contributed by atoms with Crippen LogP contribution in [0.3, 0.4) is 0 Å². The van der Waals surface area contributed by atoms with Gasteiger partial charge in [-0.05, 0) is 61.4 Å². The van der Waals surface area contributed by atoms with E-state index in [-0.39, 0.29) is 21.8 Å². The van der Waals surface area contributed by atoms with Crippen molar-refractivity contribution in [3.05, 3.63) is 71.3 Å². The van der Waals surface area contributed by atoms with Gasteiger partial charge >= 0.3 is 0 Å². The van der Waals surface area contributed by atoms with Crippen molar-refractivity contribution in [3.63, 3.8) is 0 Å². The molecular weight excluding hydrogens is 395 g/mol. The molecule has 1 N–H and O–H groups in total. The van der Waals surface area contributed by atoms with Gasteiger partial charge in [0.1, 0.15) is 5.69 Å². The number of sulfonamides is 1. The summed E-state index contributed by atoms with van der Waals surface area (Å²) in [7, 11) is -0.850. The van der Waals surface area contributed by atoms with E-state index in [1.54, 1.807) is 38.2 Å². The van der Waals surface area contributed by atoms with Crippen molar-refractivity contribution in [1.29, 1.82) is 0 Å². The Morgan fingerprint density at radius 1 is 1.17 bits per heavy atom. The van der Waals surface area contributed by atoms with E-state index in [0.717, 1.165) is 4.31 Å². The minimum Gasteiger partial charge on any atom is -0.322 e. The monoisotopic (exact) mass is 416 g/mol. The van der Waals surface area contributed by atoms with E-state index in [1.165, 1.54) is 43.2 Å². The second-order valence-corrected chi connectivity index (χ2v) is 8.89. The molecule has 0 atom stereocenters. The number of aromatic nitrogens is 2.